The first-order valence-electron chi connectivity index (χ1n) is 9.02. The molecule has 7 heteroatoms. The monoisotopic (exact) mass is 375 g/mol. The first-order valence-corrected chi connectivity index (χ1v) is 10.0. The van der Waals surface area contributed by atoms with Crippen molar-refractivity contribution in [3.8, 4) is 6.07 Å². The van der Waals surface area contributed by atoms with Crippen molar-refractivity contribution in [2.75, 3.05) is 18.9 Å². The number of carbonyl (C=O) groups is 2. The lowest BCUT2D eigenvalue weighted by atomic mass is 10.0. The van der Waals surface area contributed by atoms with Crippen molar-refractivity contribution in [2.24, 2.45) is 0 Å². The number of aryl methyl sites for hydroxylation is 1. The molecule has 1 atom stereocenters. The van der Waals surface area contributed by atoms with Crippen molar-refractivity contribution in [3.63, 3.8) is 0 Å². The van der Waals surface area contributed by atoms with Gasteiger partial charge < -0.3 is 9.64 Å². The van der Waals surface area contributed by atoms with Crippen LogP contribution in [0.4, 0.5) is 0 Å². The normalized spacial score (nSPS) is 16.8. The van der Waals surface area contributed by atoms with Gasteiger partial charge in [0.25, 0.3) is 0 Å². The molecule has 0 spiro atoms. The SMILES string of the molecule is CCOC(=O)c1cc(C#N)c(SCC(=O)N2CCCC[C@H]2CC)nc1C. The lowest BCUT2D eigenvalue weighted by molar-refractivity contribution is -0.132. The molecule has 26 heavy (non-hydrogen) atoms. The number of ether oxygens (including phenoxy) is 1. The smallest absolute Gasteiger partial charge is 0.340 e. The standard InChI is InChI=1S/C19H25N3O3S/c1-4-15-8-6-7-9-22(15)17(23)12-26-18-14(11-20)10-16(13(3)21-18)19(24)25-5-2/h10,15H,4-9,12H2,1-3H3/t15-/m1/s1. The minimum absolute atomic E-state index is 0.0827. The van der Waals surface area contributed by atoms with Crippen LogP contribution < -0.4 is 0 Å². The zero-order chi connectivity index (χ0) is 19.1. The van der Waals surface area contributed by atoms with Gasteiger partial charge in [0.2, 0.25) is 5.91 Å². The number of nitriles is 1. The summed E-state index contributed by atoms with van der Waals surface area (Å²) in [7, 11) is 0. The molecule has 1 fully saturated rings. The number of esters is 1. The lowest BCUT2D eigenvalue weighted by Crippen LogP contribution is -2.44. The van der Waals surface area contributed by atoms with E-state index in [9.17, 15) is 14.9 Å². The van der Waals surface area contributed by atoms with Gasteiger partial charge in [-0.15, -0.1) is 0 Å². The average Bonchev–Trinajstić information content (AvgIpc) is 2.66. The number of pyridine rings is 1. The molecule has 0 N–H and O–H groups in total. The average molecular weight is 375 g/mol. The van der Waals surface area contributed by atoms with Crippen molar-refractivity contribution in [2.45, 2.75) is 57.5 Å². The third-order valence-electron chi connectivity index (χ3n) is 4.55. The topological polar surface area (TPSA) is 83.3 Å². The lowest BCUT2D eigenvalue weighted by Gasteiger charge is -2.35. The third kappa shape index (κ3) is 4.76. The Bertz CT molecular complexity index is 715. The van der Waals surface area contributed by atoms with E-state index in [2.05, 4.69) is 18.0 Å². The highest BCUT2D eigenvalue weighted by molar-refractivity contribution is 8.00. The maximum absolute atomic E-state index is 12.6. The minimum atomic E-state index is -0.485. The third-order valence-corrected chi connectivity index (χ3v) is 5.52. The van der Waals surface area contributed by atoms with Crippen molar-refractivity contribution in [1.82, 2.24) is 9.88 Å². The van der Waals surface area contributed by atoms with E-state index < -0.39 is 5.97 Å². The fraction of sp³-hybridized carbons (Fsp3) is 0.579. The Hall–Kier alpha value is -2.07. The van der Waals surface area contributed by atoms with Gasteiger partial charge in [0, 0.05) is 12.6 Å². The van der Waals surface area contributed by atoms with Crippen molar-refractivity contribution < 1.29 is 14.3 Å². The van der Waals surface area contributed by atoms with Crippen LogP contribution in [0.25, 0.3) is 0 Å². The van der Waals surface area contributed by atoms with Crippen LogP contribution in [-0.4, -0.2) is 46.7 Å². The summed E-state index contributed by atoms with van der Waals surface area (Å²) in [6, 6.07) is 3.88. The van der Waals surface area contributed by atoms with Crippen molar-refractivity contribution in [1.29, 1.82) is 5.26 Å². The maximum atomic E-state index is 12.6. The number of piperidine rings is 1. The van der Waals surface area contributed by atoms with Gasteiger partial charge in [0.15, 0.2) is 0 Å². The molecule has 0 bridgehead atoms. The molecule has 1 saturated heterocycles. The van der Waals surface area contributed by atoms with Crippen LogP contribution in [-0.2, 0) is 9.53 Å². The summed E-state index contributed by atoms with van der Waals surface area (Å²) in [5, 5.41) is 9.87. The zero-order valence-electron chi connectivity index (χ0n) is 15.6. The second-order valence-electron chi connectivity index (χ2n) is 6.24. The highest BCUT2D eigenvalue weighted by Crippen LogP contribution is 2.26. The summed E-state index contributed by atoms with van der Waals surface area (Å²) in [6.07, 6.45) is 4.24. The van der Waals surface area contributed by atoms with Crippen LogP contribution in [0.15, 0.2) is 11.1 Å². The van der Waals surface area contributed by atoms with Crippen molar-refractivity contribution >= 4 is 23.6 Å². The predicted molar refractivity (Wildman–Crippen MR) is 100 cm³/mol. The zero-order valence-corrected chi connectivity index (χ0v) is 16.4. The largest absolute Gasteiger partial charge is 0.462 e. The van der Waals surface area contributed by atoms with Crippen LogP contribution in [0, 0.1) is 18.3 Å². The Kier molecular flexibility index (Phi) is 7.46. The maximum Gasteiger partial charge on any atom is 0.340 e. The first-order chi connectivity index (χ1) is 12.5. The molecule has 1 amide bonds. The molecule has 0 saturated carbocycles. The molecular weight excluding hydrogens is 350 g/mol. The van der Waals surface area contributed by atoms with Gasteiger partial charge in [0.1, 0.15) is 11.1 Å². The first kappa shape index (κ1) is 20.2. The summed E-state index contributed by atoms with van der Waals surface area (Å²) in [4.78, 5) is 30.9. The number of hydrogen-bond donors (Lipinski definition) is 0. The molecule has 0 unspecified atom stereocenters. The highest BCUT2D eigenvalue weighted by Gasteiger charge is 2.25. The number of likely N-dealkylation sites (tertiary alicyclic amines) is 1. The predicted octanol–water partition coefficient (Wildman–Crippen LogP) is 3.32. The molecular formula is C19H25N3O3S. The summed E-state index contributed by atoms with van der Waals surface area (Å²) in [6.45, 7) is 6.61. The molecule has 2 heterocycles. The molecule has 1 aliphatic heterocycles. The van der Waals surface area contributed by atoms with E-state index in [0.717, 1.165) is 25.8 Å². The van der Waals surface area contributed by atoms with E-state index in [0.29, 0.717) is 27.9 Å². The highest BCUT2D eigenvalue weighted by atomic mass is 32.2. The van der Waals surface area contributed by atoms with Gasteiger partial charge >= 0.3 is 5.97 Å². The number of nitrogens with zero attached hydrogens (tertiary/aromatic N) is 3. The molecule has 140 valence electrons. The minimum Gasteiger partial charge on any atom is -0.462 e. The van der Waals surface area contributed by atoms with E-state index >= 15 is 0 Å². The van der Waals surface area contributed by atoms with Crippen LogP contribution in [0.2, 0.25) is 0 Å². The van der Waals surface area contributed by atoms with Gasteiger partial charge in [-0.25, -0.2) is 9.78 Å². The van der Waals surface area contributed by atoms with E-state index in [4.69, 9.17) is 4.74 Å². The van der Waals surface area contributed by atoms with Crippen LogP contribution in [0.3, 0.4) is 0 Å². The Morgan fingerprint density at radius 1 is 1.42 bits per heavy atom. The molecule has 1 aromatic heterocycles. The number of carbonyl (C=O) groups excluding carboxylic acids is 2. The van der Waals surface area contributed by atoms with Gasteiger partial charge in [0.05, 0.1) is 29.2 Å². The molecule has 6 nitrogen and oxygen atoms in total. The number of aromatic nitrogens is 1. The molecule has 1 aromatic rings. The Morgan fingerprint density at radius 2 is 2.19 bits per heavy atom. The van der Waals surface area contributed by atoms with Crippen molar-refractivity contribution in [3.05, 3.63) is 22.9 Å². The van der Waals surface area contributed by atoms with Crippen LogP contribution in [0.1, 0.15) is 61.1 Å². The summed E-state index contributed by atoms with van der Waals surface area (Å²) in [5.41, 5.74) is 1.09. The Morgan fingerprint density at radius 3 is 2.85 bits per heavy atom. The number of hydrogen-bond acceptors (Lipinski definition) is 6. The number of thioether (sulfide) groups is 1. The number of rotatable bonds is 6. The summed E-state index contributed by atoms with van der Waals surface area (Å²) in [5.74, 6) is -0.156. The van der Waals surface area contributed by atoms with E-state index in [1.807, 2.05) is 4.90 Å². The molecule has 1 aliphatic rings. The quantitative estimate of drug-likeness (QED) is 0.560. The molecule has 0 aliphatic carbocycles. The van der Waals surface area contributed by atoms with E-state index in [1.165, 1.54) is 24.2 Å². The molecule has 0 aromatic carbocycles. The van der Waals surface area contributed by atoms with Crippen LogP contribution >= 0.6 is 11.8 Å². The molecule has 2 rings (SSSR count). The van der Waals surface area contributed by atoms with Gasteiger partial charge in [-0.2, -0.15) is 5.26 Å². The second-order valence-corrected chi connectivity index (χ2v) is 7.20. The fourth-order valence-electron chi connectivity index (χ4n) is 3.16. The number of amides is 1. The van der Waals surface area contributed by atoms with E-state index in [-0.39, 0.29) is 18.3 Å². The second kappa shape index (κ2) is 9.58. The van der Waals surface area contributed by atoms with Crippen LogP contribution in [0.5, 0.6) is 0 Å². The Labute approximate surface area is 158 Å². The summed E-state index contributed by atoms with van der Waals surface area (Å²) >= 11 is 1.26. The van der Waals surface area contributed by atoms with Gasteiger partial charge in [-0.1, -0.05) is 18.7 Å². The fourth-order valence-corrected chi connectivity index (χ4v) is 4.04. The van der Waals surface area contributed by atoms with Gasteiger partial charge in [-0.3, -0.25) is 4.79 Å². The van der Waals surface area contributed by atoms with E-state index in [1.54, 1.807) is 13.8 Å². The Balaban J connectivity index is 2.11. The molecule has 0 radical (unpaired) electrons. The van der Waals surface area contributed by atoms with Gasteiger partial charge in [-0.05, 0) is 45.6 Å². The summed E-state index contributed by atoms with van der Waals surface area (Å²) < 4.78 is 4.99.